The van der Waals surface area contributed by atoms with Crippen molar-refractivity contribution in [2.75, 3.05) is 13.2 Å². The van der Waals surface area contributed by atoms with Gasteiger partial charge in [0.15, 0.2) is 0 Å². The zero-order chi connectivity index (χ0) is 13.8. The van der Waals surface area contributed by atoms with Gasteiger partial charge in [-0.15, -0.1) is 11.3 Å². The van der Waals surface area contributed by atoms with Crippen molar-refractivity contribution in [2.24, 2.45) is 0 Å². The molecule has 0 bridgehead atoms. The van der Waals surface area contributed by atoms with Gasteiger partial charge in [0.25, 0.3) is 0 Å². The second kappa shape index (κ2) is 6.57. The molecule has 3 heterocycles. The van der Waals surface area contributed by atoms with E-state index in [2.05, 4.69) is 28.5 Å². The van der Waals surface area contributed by atoms with Crippen LogP contribution in [0, 0.1) is 6.92 Å². The molecule has 2 aromatic heterocycles. The lowest BCUT2D eigenvalue weighted by Crippen LogP contribution is -2.31. The summed E-state index contributed by atoms with van der Waals surface area (Å²) in [4.78, 5) is 3.83. The summed E-state index contributed by atoms with van der Waals surface area (Å²) in [6.07, 6.45) is 2.75. The Morgan fingerprint density at radius 1 is 1.30 bits per heavy atom. The van der Waals surface area contributed by atoms with Crippen molar-refractivity contribution in [3.05, 3.63) is 46.0 Å². The lowest BCUT2D eigenvalue weighted by molar-refractivity contribution is 0.0658. The van der Waals surface area contributed by atoms with Gasteiger partial charge in [-0.1, -0.05) is 6.07 Å². The van der Waals surface area contributed by atoms with Gasteiger partial charge in [0.1, 0.15) is 11.5 Å². The van der Waals surface area contributed by atoms with Crippen molar-refractivity contribution in [3.8, 4) is 0 Å². The number of hydrogen-bond donors (Lipinski definition) is 0. The van der Waals surface area contributed by atoms with E-state index in [0.29, 0.717) is 6.10 Å². The van der Waals surface area contributed by atoms with E-state index in [1.165, 1.54) is 17.7 Å². The predicted molar refractivity (Wildman–Crippen MR) is 80.9 cm³/mol. The van der Waals surface area contributed by atoms with E-state index in [0.717, 1.165) is 37.8 Å². The maximum absolute atomic E-state index is 5.78. The van der Waals surface area contributed by atoms with E-state index >= 15 is 0 Å². The van der Waals surface area contributed by atoms with Gasteiger partial charge < -0.3 is 9.15 Å². The average Bonchev–Trinajstić information content (AvgIpc) is 3.13. The van der Waals surface area contributed by atoms with Gasteiger partial charge in [-0.3, -0.25) is 4.90 Å². The Balaban J connectivity index is 1.65. The highest BCUT2D eigenvalue weighted by Crippen LogP contribution is 2.19. The molecule has 2 aromatic rings. The first-order chi connectivity index (χ1) is 9.79. The van der Waals surface area contributed by atoms with Gasteiger partial charge >= 0.3 is 0 Å². The van der Waals surface area contributed by atoms with Crippen molar-refractivity contribution in [3.63, 3.8) is 0 Å². The maximum Gasteiger partial charge on any atom is 0.118 e. The first-order valence-corrected chi connectivity index (χ1v) is 8.09. The summed E-state index contributed by atoms with van der Waals surface area (Å²) in [5.41, 5.74) is 0. The molecule has 4 heteroatoms. The van der Waals surface area contributed by atoms with E-state index < -0.39 is 0 Å². The highest BCUT2D eigenvalue weighted by Gasteiger charge is 2.20. The molecule has 1 atom stereocenters. The predicted octanol–water partition coefficient (Wildman–Crippen LogP) is 3.83. The quantitative estimate of drug-likeness (QED) is 0.809. The van der Waals surface area contributed by atoms with Crippen LogP contribution in [-0.4, -0.2) is 24.2 Å². The van der Waals surface area contributed by atoms with Crippen LogP contribution in [0.2, 0.25) is 0 Å². The van der Waals surface area contributed by atoms with E-state index in [9.17, 15) is 0 Å². The fraction of sp³-hybridized carbons (Fsp3) is 0.500. The third-order valence-electron chi connectivity index (χ3n) is 3.62. The first kappa shape index (κ1) is 13.9. The van der Waals surface area contributed by atoms with Gasteiger partial charge in [0.05, 0.1) is 12.6 Å². The molecule has 1 fully saturated rings. The Morgan fingerprint density at radius 3 is 2.90 bits per heavy atom. The lowest BCUT2D eigenvalue weighted by Gasteiger charge is -2.23. The van der Waals surface area contributed by atoms with Crippen LogP contribution in [0.4, 0.5) is 0 Å². The summed E-state index contributed by atoms with van der Waals surface area (Å²) in [5.74, 6) is 2.02. The Kier molecular flexibility index (Phi) is 4.55. The molecule has 0 radical (unpaired) electrons. The number of rotatable bonds is 6. The van der Waals surface area contributed by atoms with Crippen LogP contribution >= 0.6 is 11.3 Å². The summed E-state index contributed by atoms with van der Waals surface area (Å²) in [6, 6.07) is 8.42. The van der Waals surface area contributed by atoms with Crippen LogP contribution < -0.4 is 0 Å². The molecule has 1 aliphatic heterocycles. The highest BCUT2D eigenvalue weighted by molar-refractivity contribution is 7.09. The molecule has 1 aliphatic rings. The molecule has 0 N–H and O–H groups in total. The van der Waals surface area contributed by atoms with Gasteiger partial charge in [0.2, 0.25) is 0 Å². The van der Waals surface area contributed by atoms with Crippen molar-refractivity contribution >= 4 is 11.3 Å². The molecular formula is C16H21NO2S. The SMILES string of the molecule is Cc1ccc(CN(Cc2cccs2)CC2CCCO2)o1. The normalized spacial score (nSPS) is 19.0. The molecule has 0 amide bonds. The van der Waals surface area contributed by atoms with Crippen molar-refractivity contribution in [1.29, 1.82) is 0 Å². The molecule has 108 valence electrons. The second-order valence-electron chi connectivity index (χ2n) is 5.40. The molecule has 3 nitrogen and oxygen atoms in total. The van der Waals surface area contributed by atoms with Crippen LogP contribution in [0.25, 0.3) is 0 Å². The molecule has 20 heavy (non-hydrogen) atoms. The van der Waals surface area contributed by atoms with Gasteiger partial charge in [-0.25, -0.2) is 0 Å². The lowest BCUT2D eigenvalue weighted by atomic mass is 10.2. The molecule has 0 aliphatic carbocycles. The smallest absolute Gasteiger partial charge is 0.118 e. The minimum Gasteiger partial charge on any atom is -0.465 e. The van der Waals surface area contributed by atoms with Crippen molar-refractivity contribution in [1.82, 2.24) is 4.90 Å². The standard InChI is InChI=1S/C16H21NO2S/c1-13-6-7-15(19-13)11-17(10-14-4-2-8-18-14)12-16-5-3-9-20-16/h3,5-7,9,14H,2,4,8,10-12H2,1H3. The summed E-state index contributed by atoms with van der Waals surface area (Å²) < 4.78 is 11.5. The van der Waals surface area contributed by atoms with Crippen LogP contribution in [0.3, 0.4) is 0 Å². The van der Waals surface area contributed by atoms with Crippen molar-refractivity contribution < 1.29 is 9.15 Å². The third kappa shape index (κ3) is 3.72. The molecule has 0 spiro atoms. The zero-order valence-electron chi connectivity index (χ0n) is 11.9. The Labute approximate surface area is 124 Å². The van der Waals surface area contributed by atoms with Gasteiger partial charge in [0, 0.05) is 24.6 Å². The summed E-state index contributed by atoms with van der Waals surface area (Å²) in [5, 5.41) is 2.14. The topological polar surface area (TPSA) is 25.6 Å². The zero-order valence-corrected chi connectivity index (χ0v) is 12.7. The highest BCUT2D eigenvalue weighted by atomic mass is 32.1. The average molecular weight is 291 g/mol. The van der Waals surface area contributed by atoms with E-state index in [-0.39, 0.29) is 0 Å². The Hall–Kier alpha value is -1.10. The summed E-state index contributed by atoms with van der Waals surface area (Å²) in [6.45, 7) is 5.71. The fourth-order valence-electron chi connectivity index (χ4n) is 2.67. The van der Waals surface area contributed by atoms with E-state index in [4.69, 9.17) is 9.15 Å². The van der Waals surface area contributed by atoms with Crippen LogP contribution in [0.1, 0.15) is 29.2 Å². The van der Waals surface area contributed by atoms with Crippen LogP contribution in [0.15, 0.2) is 34.1 Å². The summed E-state index contributed by atoms with van der Waals surface area (Å²) in [7, 11) is 0. The van der Waals surface area contributed by atoms with Gasteiger partial charge in [-0.05, 0) is 43.3 Å². The molecule has 1 unspecified atom stereocenters. The minimum absolute atomic E-state index is 0.381. The number of aryl methyl sites for hydroxylation is 1. The molecular weight excluding hydrogens is 270 g/mol. The van der Waals surface area contributed by atoms with E-state index in [1.807, 2.05) is 24.3 Å². The number of furan rings is 1. The third-order valence-corrected chi connectivity index (χ3v) is 4.48. The largest absolute Gasteiger partial charge is 0.465 e. The van der Waals surface area contributed by atoms with Crippen molar-refractivity contribution in [2.45, 2.75) is 39.0 Å². The van der Waals surface area contributed by atoms with E-state index in [1.54, 1.807) is 0 Å². The minimum atomic E-state index is 0.381. The summed E-state index contributed by atoms with van der Waals surface area (Å²) >= 11 is 1.81. The number of nitrogens with zero attached hydrogens (tertiary/aromatic N) is 1. The number of hydrogen-bond acceptors (Lipinski definition) is 4. The fourth-order valence-corrected chi connectivity index (χ4v) is 3.42. The first-order valence-electron chi connectivity index (χ1n) is 7.21. The Morgan fingerprint density at radius 2 is 2.25 bits per heavy atom. The maximum atomic E-state index is 5.78. The van der Waals surface area contributed by atoms with Gasteiger partial charge in [-0.2, -0.15) is 0 Å². The van der Waals surface area contributed by atoms with Crippen LogP contribution in [0.5, 0.6) is 0 Å². The molecule has 1 saturated heterocycles. The number of thiophene rings is 1. The second-order valence-corrected chi connectivity index (χ2v) is 6.43. The van der Waals surface area contributed by atoms with Crippen LogP contribution in [-0.2, 0) is 17.8 Å². The molecule has 0 saturated carbocycles. The molecule has 0 aromatic carbocycles. The number of ether oxygens (including phenoxy) is 1. The Bertz CT molecular complexity index is 514. The monoisotopic (exact) mass is 291 g/mol. The molecule has 3 rings (SSSR count).